The van der Waals surface area contributed by atoms with Gasteiger partial charge in [0, 0.05) is 30.4 Å². The van der Waals surface area contributed by atoms with Gasteiger partial charge in [-0.05, 0) is 19.4 Å². The summed E-state index contributed by atoms with van der Waals surface area (Å²) in [5.41, 5.74) is 8.04. The van der Waals surface area contributed by atoms with Crippen molar-refractivity contribution in [3.8, 4) is 0 Å². The van der Waals surface area contributed by atoms with E-state index in [0.717, 1.165) is 22.6 Å². The number of anilines is 1. The Morgan fingerprint density at radius 1 is 1.38 bits per heavy atom. The van der Waals surface area contributed by atoms with Crippen molar-refractivity contribution in [2.24, 2.45) is 5.16 Å². The molecule has 2 aliphatic rings. The minimum atomic E-state index is -1.19. The number of carboxylic acids is 1. The van der Waals surface area contributed by atoms with Crippen LogP contribution in [-0.4, -0.2) is 63.2 Å². The molecule has 0 radical (unpaired) electrons. The number of carbonyl (C=O) groups is 3. The lowest BCUT2D eigenvalue weighted by Gasteiger charge is -2.48. The summed E-state index contributed by atoms with van der Waals surface area (Å²) in [6, 6.07) is 2.48. The molecule has 4 heterocycles. The minimum absolute atomic E-state index is 0. The normalized spacial score (nSPS) is 19.7. The summed E-state index contributed by atoms with van der Waals surface area (Å²) in [6.45, 7) is 3.79. The SMILES string of the molecule is CON=C(C(=O)N[C@@H]1C(=O)N2C(C(=O)O)=C([n+]3cc(C)ccc3C)CCC12)c1csc(N)n1.[OH-]. The van der Waals surface area contributed by atoms with Crippen molar-refractivity contribution in [1.82, 2.24) is 15.2 Å². The summed E-state index contributed by atoms with van der Waals surface area (Å²) in [7, 11) is 1.29. The molecule has 12 nitrogen and oxygen atoms in total. The zero-order chi connectivity index (χ0) is 23.9. The summed E-state index contributed by atoms with van der Waals surface area (Å²) in [4.78, 5) is 48.1. The van der Waals surface area contributed by atoms with Crippen LogP contribution in [0.4, 0.5) is 5.13 Å². The number of carboxylic acid groups (broad SMARTS) is 1. The summed E-state index contributed by atoms with van der Waals surface area (Å²) in [5.74, 6) is -2.35. The first-order chi connectivity index (χ1) is 15.7. The molecule has 0 spiro atoms. The highest BCUT2D eigenvalue weighted by Crippen LogP contribution is 2.37. The van der Waals surface area contributed by atoms with Gasteiger partial charge >= 0.3 is 5.97 Å². The largest absolute Gasteiger partial charge is 0.870 e. The molecule has 0 aromatic carbocycles. The van der Waals surface area contributed by atoms with Gasteiger partial charge in [-0.25, -0.2) is 9.78 Å². The van der Waals surface area contributed by atoms with Gasteiger partial charge in [-0.15, -0.1) is 11.3 Å². The van der Waals surface area contributed by atoms with Crippen molar-refractivity contribution in [2.45, 2.75) is 38.8 Å². The predicted molar refractivity (Wildman–Crippen MR) is 121 cm³/mol. The molecule has 5 N–H and O–H groups in total. The summed E-state index contributed by atoms with van der Waals surface area (Å²) in [6.07, 6.45) is 2.77. The van der Waals surface area contributed by atoms with Gasteiger partial charge in [0.2, 0.25) is 5.70 Å². The van der Waals surface area contributed by atoms with Gasteiger partial charge in [-0.2, -0.15) is 4.57 Å². The molecule has 2 aliphatic heterocycles. The molecule has 2 aromatic heterocycles. The molecule has 1 fully saturated rings. The monoisotopic (exact) mass is 488 g/mol. The molecule has 13 heteroatoms. The first-order valence-electron chi connectivity index (χ1n) is 10.1. The average Bonchev–Trinajstić information content (AvgIpc) is 3.21. The Morgan fingerprint density at radius 2 is 2.12 bits per heavy atom. The first kappa shape index (κ1) is 24.8. The van der Waals surface area contributed by atoms with Crippen LogP contribution in [-0.2, 0) is 19.2 Å². The highest BCUT2D eigenvalue weighted by Gasteiger charge is 2.55. The van der Waals surface area contributed by atoms with Gasteiger partial charge in [-0.3, -0.25) is 14.5 Å². The molecule has 2 amide bonds. The zero-order valence-corrected chi connectivity index (χ0v) is 19.5. The number of fused-ring (bicyclic) bond motifs is 1. The molecule has 0 bridgehead atoms. The number of hydrogen-bond donors (Lipinski definition) is 3. The maximum absolute atomic E-state index is 13.0. The molecular formula is C21H24N6O6S. The van der Waals surface area contributed by atoms with Crippen molar-refractivity contribution in [3.63, 3.8) is 0 Å². The lowest BCUT2D eigenvalue weighted by atomic mass is 9.85. The summed E-state index contributed by atoms with van der Waals surface area (Å²) in [5, 5.41) is 18.1. The van der Waals surface area contributed by atoms with Gasteiger partial charge in [0.15, 0.2) is 28.4 Å². The molecule has 0 aliphatic carbocycles. The van der Waals surface area contributed by atoms with Crippen LogP contribution >= 0.6 is 11.3 Å². The number of nitrogens with zero attached hydrogens (tertiary/aromatic N) is 4. The molecule has 1 unspecified atom stereocenters. The molecule has 2 aromatic rings. The Balaban J connectivity index is 0.00000324. The molecule has 1 saturated heterocycles. The molecule has 0 saturated carbocycles. The number of nitrogen functional groups attached to an aromatic ring is 1. The molecule has 34 heavy (non-hydrogen) atoms. The van der Waals surface area contributed by atoms with Crippen molar-refractivity contribution >= 4 is 45.7 Å². The number of pyridine rings is 1. The number of aliphatic carboxylic acids is 1. The summed E-state index contributed by atoms with van der Waals surface area (Å²) < 4.78 is 1.81. The number of aryl methyl sites for hydroxylation is 2. The Bertz CT molecular complexity index is 1220. The number of thiazole rings is 1. The van der Waals surface area contributed by atoms with Crippen LogP contribution in [0.25, 0.3) is 5.70 Å². The maximum atomic E-state index is 13.0. The molecular weight excluding hydrogens is 464 g/mol. The number of carbonyl (C=O) groups excluding carboxylic acids is 2. The Hall–Kier alpha value is -3.84. The van der Waals surface area contributed by atoms with E-state index in [1.54, 1.807) is 5.38 Å². The second-order valence-electron chi connectivity index (χ2n) is 7.78. The third kappa shape index (κ3) is 4.22. The van der Waals surface area contributed by atoms with Crippen LogP contribution in [0.1, 0.15) is 29.8 Å². The van der Waals surface area contributed by atoms with Crippen LogP contribution < -0.4 is 15.6 Å². The lowest BCUT2D eigenvalue weighted by molar-refractivity contribution is -0.592. The minimum Gasteiger partial charge on any atom is -0.870 e. The Morgan fingerprint density at radius 3 is 2.74 bits per heavy atom. The standard InChI is InChI=1S/C21H22N6O5S.H2O/c1-10-4-5-11(2)26(8-10)14-7-6-13-16(19(29)27(13)17(14)20(30)31)24-18(28)15(25-32-3)12-9-33-21(22)23-12;/h4-5,8-9,13,16H,6-7H2,1-3H3,(H3-,22,23,24,28,30,31);1H2/t13?,16-;/m0./s1. The third-order valence-electron chi connectivity index (χ3n) is 5.65. The van der Waals surface area contributed by atoms with Gasteiger partial charge in [0.1, 0.15) is 18.8 Å². The quantitative estimate of drug-likeness (QED) is 0.224. The lowest BCUT2D eigenvalue weighted by Crippen LogP contribution is -2.72. The number of amides is 2. The van der Waals surface area contributed by atoms with Gasteiger partial charge < -0.3 is 26.5 Å². The van der Waals surface area contributed by atoms with E-state index in [2.05, 4.69) is 15.5 Å². The predicted octanol–water partition coefficient (Wildman–Crippen LogP) is 0.246. The smallest absolute Gasteiger partial charge is 0.359 e. The number of allylic oxidation sites excluding steroid dienone is 1. The number of rotatable bonds is 6. The fourth-order valence-corrected chi connectivity index (χ4v) is 4.70. The fourth-order valence-electron chi connectivity index (χ4n) is 4.15. The number of β-lactam (4-membered cyclic amide) rings is 1. The highest BCUT2D eigenvalue weighted by atomic mass is 32.1. The van der Waals surface area contributed by atoms with Gasteiger partial charge in [-0.1, -0.05) is 5.16 Å². The Kier molecular flexibility index (Phi) is 6.98. The van der Waals surface area contributed by atoms with E-state index in [9.17, 15) is 19.5 Å². The molecule has 4 rings (SSSR count). The highest BCUT2D eigenvalue weighted by molar-refractivity contribution is 7.13. The van der Waals surface area contributed by atoms with E-state index in [0.29, 0.717) is 18.5 Å². The van der Waals surface area contributed by atoms with Crippen molar-refractivity contribution in [2.75, 3.05) is 12.8 Å². The number of nitrogens with two attached hydrogens (primary N) is 1. The van der Waals surface area contributed by atoms with E-state index in [1.165, 1.54) is 12.0 Å². The van der Waals surface area contributed by atoms with Crippen molar-refractivity contribution < 1.29 is 34.4 Å². The van der Waals surface area contributed by atoms with Crippen LogP contribution in [0.3, 0.4) is 0 Å². The number of nitrogens with one attached hydrogen (secondary N) is 1. The van der Waals surface area contributed by atoms with E-state index in [4.69, 9.17) is 10.6 Å². The maximum Gasteiger partial charge on any atom is 0.359 e. The number of hydrogen-bond acceptors (Lipinski definition) is 9. The third-order valence-corrected chi connectivity index (χ3v) is 6.33. The number of aromatic nitrogens is 2. The van der Waals surface area contributed by atoms with E-state index in [-0.39, 0.29) is 27.7 Å². The topological polar surface area (TPSA) is 181 Å². The first-order valence-corrected chi connectivity index (χ1v) is 11.0. The van der Waals surface area contributed by atoms with Crippen molar-refractivity contribution in [1.29, 1.82) is 0 Å². The fraction of sp³-hybridized carbons (Fsp3) is 0.333. The van der Waals surface area contributed by atoms with E-state index in [1.807, 2.05) is 36.7 Å². The number of oxime groups is 1. The average molecular weight is 489 g/mol. The van der Waals surface area contributed by atoms with Gasteiger partial charge in [0.05, 0.1) is 6.04 Å². The summed E-state index contributed by atoms with van der Waals surface area (Å²) >= 11 is 1.14. The Labute approximate surface area is 198 Å². The van der Waals surface area contributed by atoms with E-state index < -0.39 is 29.9 Å². The second-order valence-corrected chi connectivity index (χ2v) is 8.67. The van der Waals surface area contributed by atoms with Crippen molar-refractivity contribution in [3.05, 3.63) is 46.4 Å². The van der Waals surface area contributed by atoms with Crippen LogP contribution in [0.2, 0.25) is 0 Å². The second kappa shape index (κ2) is 9.57. The van der Waals surface area contributed by atoms with Crippen LogP contribution in [0.15, 0.2) is 34.6 Å². The molecule has 180 valence electrons. The molecule has 2 atom stereocenters. The van der Waals surface area contributed by atoms with Gasteiger partial charge in [0.25, 0.3) is 11.8 Å². The zero-order valence-electron chi connectivity index (χ0n) is 18.7. The van der Waals surface area contributed by atoms with Crippen LogP contribution in [0, 0.1) is 13.8 Å². The van der Waals surface area contributed by atoms with Crippen LogP contribution in [0.5, 0.6) is 0 Å². The van der Waals surface area contributed by atoms with E-state index >= 15 is 0 Å².